The highest BCUT2D eigenvalue weighted by atomic mass is 32.2. The van der Waals surface area contributed by atoms with Gasteiger partial charge in [-0.25, -0.2) is 0 Å². The van der Waals surface area contributed by atoms with Crippen molar-refractivity contribution in [3.05, 3.63) is 70.4 Å². The first-order chi connectivity index (χ1) is 17.7. The van der Waals surface area contributed by atoms with Crippen molar-refractivity contribution >= 4 is 31.6 Å². The second kappa shape index (κ2) is 14.0. The molecule has 9 heteroatoms. The molecule has 3 rings (SSSR count). The summed E-state index contributed by atoms with van der Waals surface area (Å²) >= 11 is 1.09. The maximum Gasteiger partial charge on any atom is 0.339 e. The Balaban J connectivity index is 1.64. The fourth-order valence-electron chi connectivity index (χ4n) is 3.89. The number of aryl methyl sites for hydroxylation is 2. The van der Waals surface area contributed by atoms with Gasteiger partial charge in [0.2, 0.25) is 0 Å². The van der Waals surface area contributed by atoms with Crippen molar-refractivity contribution in [3.63, 3.8) is 0 Å². The zero-order valence-corrected chi connectivity index (χ0v) is 24.0. The molecule has 0 unspecified atom stereocenters. The van der Waals surface area contributed by atoms with Crippen LogP contribution in [0.3, 0.4) is 0 Å². The van der Waals surface area contributed by atoms with E-state index in [1.54, 1.807) is 24.3 Å². The second-order valence-electron chi connectivity index (χ2n) is 9.08. The molecule has 0 aliphatic heterocycles. The zero-order chi connectivity index (χ0) is 26.7. The predicted octanol–water partition coefficient (Wildman–Crippen LogP) is 7.53. The first kappa shape index (κ1) is 29.2. The van der Waals surface area contributed by atoms with Gasteiger partial charge >= 0.3 is 20.2 Å². The van der Waals surface area contributed by atoms with Gasteiger partial charge in [0.1, 0.15) is 9.79 Å². The summed E-state index contributed by atoms with van der Waals surface area (Å²) in [6.07, 6.45) is 10.9. The Morgan fingerprint density at radius 1 is 0.568 bits per heavy atom. The number of unbranched alkanes of at least 4 members (excludes halogenated alkanes) is 6. The van der Waals surface area contributed by atoms with Crippen molar-refractivity contribution in [1.82, 2.24) is 0 Å². The van der Waals surface area contributed by atoms with E-state index in [2.05, 4.69) is 13.8 Å². The van der Waals surface area contributed by atoms with Crippen LogP contribution in [0.1, 0.15) is 76.3 Å². The molecule has 0 aliphatic carbocycles. The topological polar surface area (TPSA) is 86.7 Å². The third-order valence-corrected chi connectivity index (χ3v) is 9.25. The van der Waals surface area contributed by atoms with E-state index in [1.807, 2.05) is 0 Å². The van der Waals surface area contributed by atoms with Crippen LogP contribution in [0.5, 0.6) is 11.5 Å². The molecule has 37 heavy (non-hydrogen) atoms. The van der Waals surface area contributed by atoms with Crippen molar-refractivity contribution in [2.45, 2.75) is 87.8 Å². The van der Waals surface area contributed by atoms with Crippen LogP contribution in [-0.2, 0) is 33.1 Å². The number of benzene rings is 2. The summed E-state index contributed by atoms with van der Waals surface area (Å²) in [4.78, 5) is -0.00122. The van der Waals surface area contributed by atoms with E-state index in [1.165, 1.54) is 47.9 Å². The van der Waals surface area contributed by atoms with Crippen LogP contribution < -0.4 is 8.37 Å². The molecule has 6 nitrogen and oxygen atoms in total. The molecule has 0 saturated heterocycles. The number of thiophene rings is 1. The summed E-state index contributed by atoms with van der Waals surface area (Å²) in [5.74, 6) is -0.325. The van der Waals surface area contributed by atoms with Gasteiger partial charge in [-0.15, -0.1) is 11.3 Å². The van der Waals surface area contributed by atoms with Crippen molar-refractivity contribution in [2.24, 2.45) is 0 Å². The van der Waals surface area contributed by atoms with Crippen LogP contribution in [-0.4, -0.2) is 16.8 Å². The molecule has 2 aromatic carbocycles. The van der Waals surface area contributed by atoms with E-state index < -0.39 is 20.2 Å². The predicted molar refractivity (Wildman–Crippen MR) is 149 cm³/mol. The Morgan fingerprint density at radius 3 is 1.30 bits per heavy atom. The fourth-order valence-corrected chi connectivity index (χ4v) is 6.52. The monoisotopic (exact) mass is 564 g/mol. The van der Waals surface area contributed by atoms with Gasteiger partial charge in [0.15, 0.2) is 11.5 Å². The highest BCUT2D eigenvalue weighted by Gasteiger charge is 2.24. The molecule has 0 atom stereocenters. The van der Waals surface area contributed by atoms with Gasteiger partial charge in [-0.05, 0) is 61.1 Å². The highest BCUT2D eigenvalue weighted by molar-refractivity contribution is 7.87. The summed E-state index contributed by atoms with van der Waals surface area (Å²) in [6, 6.07) is 13.2. The zero-order valence-electron chi connectivity index (χ0n) is 21.5. The van der Waals surface area contributed by atoms with Crippen molar-refractivity contribution < 1.29 is 25.2 Å². The summed E-state index contributed by atoms with van der Waals surface area (Å²) in [7, 11) is -8.32. The van der Waals surface area contributed by atoms with Crippen molar-refractivity contribution in [2.75, 3.05) is 0 Å². The van der Waals surface area contributed by atoms with Crippen LogP contribution in [0.25, 0.3) is 0 Å². The Labute approximate surface area is 225 Å². The molecule has 0 fully saturated rings. The minimum absolute atomic E-state index is 0.000610. The smallest absolute Gasteiger partial charge is 0.339 e. The van der Waals surface area contributed by atoms with Crippen LogP contribution in [0.4, 0.5) is 0 Å². The Kier molecular flexibility index (Phi) is 11.0. The Hall–Kier alpha value is -2.36. The van der Waals surface area contributed by atoms with Gasteiger partial charge in [0.05, 0.1) is 0 Å². The maximum absolute atomic E-state index is 12.8. The molecule has 0 saturated carbocycles. The molecular formula is C28H36O6S3. The standard InChI is InChI=1S/C28H36O6S3/c1-3-5-7-9-11-23-13-17-25(18-14-23)36(29,30)33-27-21-35-22-28(27)34-37(31,32)26-19-15-24(16-20-26)12-10-8-6-4-2/h13-22H,3-12H2,1-2H3. The summed E-state index contributed by atoms with van der Waals surface area (Å²) in [6.45, 7) is 4.32. The van der Waals surface area contributed by atoms with Crippen LogP contribution in [0.15, 0.2) is 69.1 Å². The minimum atomic E-state index is -4.16. The first-order valence-corrected chi connectivity index (χ1v) is 16.6. The van der Waals surface area contributed by atoms with Gasteiger partial charge in [0.25, 0.3) is 0 Å². The Bertz CT molecular complexity index is 1210. The van der Waals surface area contributed by atoms with E-state index in [4.69, 9.17) is 8.37 Å². The average molecular weight is 565 g/mol. The van der Waals surface area contributed by atoms with E-state index in [0.717, 1.165) is 73.8 Å². The maximum atomic E-state index is 12.8. The molecule has 0 amide bonds. The molecule has 3 aromatic rings. The largest absolute Gasteiger partial charge is 0.374 e. The molecule has 1 aromatic heterocycles. The average Bonchev–Trinajstić information content (AvgIpc) is 3.30. The molecule has 0 spiro atoms. The summed E-state index contributed by atoms with van der Waals surface area (Å²) in [5.41, 5.74) is 2.13. The number of hydrogen-bond acceptors (Lipinski definition) is 7. The quantitative estimate of drug-likeness (QED) is 0.132. The van der Waals surface area contributed by atoms with Crippen LogP contribution >= 0.6 is 11.3 Å². The lowest BCUT2D eigenvalue weighted by atomic mass is 10.1. The lowest BCUT2D eigenvalue weighted by molar-refractivity contribution is 0.451. The van der Waals surface area contributed by atoms with Gasteiger partial charge in [-0.3, -0.25) is 0 Å². The van der Waals surface area contributed by atoms with Gasteiger partial charge < -0.3 is 8.37 Å². The third kappa shape index (κ3) is 8.86. The first-order valence-electron chi connectivity index (χ1n) is 12.9. The number of hydrogen-bond donors (Lipinski definition) is 0. The normalized spacial score (nSPS) is 11.9. The van der Waals surface area contributed by atoms with Gasteiger partial charge in [-0.2, -0.15) is 16.8 Å². The third-order valence-electron chi connectivity index (χ3n) is 6.05. The summed E-state index contributed by atoms with van der Waals surface area (Å²) < 4.78 is 61.9. The minimum Gasteiger partial charge on any atom is -0.374 e. The van der Waals surface area contributed by atoms with Crippen molar-refractivity contribution in [3.8, 4) is 11.5 Å². The highest BCUT2D eigenvalue weighted by Crippen LogP contribution is 2.36. The molecule has 0 bridgehead atoms. The lowest BCUT2D eigenvalue weighted by Gasteiger charge is -2.10. The molecular weight excluding hydrogens is 529 g/mol. The van der Waals surface area contributed by atoms with Crippen LogP contribution in [0, 0.1) is 0 Å². The fraction of sp³-hybridized carbons (Fsp3) is 0.429. The number of rotatable bonds is 16. The lowest BCUT2D eigenvalue weighted by Crippen LogP contribution is -2.13. The van der Waals surface area contributed by atoms with Crippen molar-refractivity contribution in [1.29, 1.82) is 0 Å². The Morgan fingerprint density at radius 2 is 0.946 bits per heavy atom. The van der Waals surface area contributed by atoms with Gasteiger partial charge in [-0.1, -0.05) is 76.6 Å². The molecule has 0 aliphatic rings. The van der Waals surface area contributed by atoms with E-state index in [-0.39, 0.29) is 21.3 Å². The van der Waals surface area contributed by atoms with E-state index in [9.17, 15) is 16.8 Å². The van der Waals surface area contributed by atoms with E-state index >= 15 is 0 Å². The molecule has 1 heterocycles. The SMILES string of the molecule is CCCCCCc1ccc(S(=O)(=O)Oc2cscc2OS(=O)(=O)c2ccc(CCCCCC)cc2)cc1. The second-order valence-corrected chi connectivity index (χ2v) is 12.9. The van der Waals surface area contributed by atoms with Gasteiger partial charge in [0, 0.05) is 10.8 Å². The summed E-state index contributed by atoms with van der Waals surface area (Å²) in [5, 5.41) is 2.81. The van der Waals surface area contributed by atoms with E-state index in [0.29, 0.717) is 0 Å². The molecule has 0 radical (unpaired) electrons. The van der Waals surface area contributed by atoms with Crippen LogP contribution in [0.2, 0.25) is 0 Å². The molecule has 202 valence electrons. The molecule has 0 N–H and O–H groups in total.